The predicted octanol–water partition coefficient (Wildman–Crippen LogP) is 3.93. The number of fused-ring (bicyclic) bond motifs is 1. The number of anilines is 2. The molecule has 3 amide bonds. The quantitative estimate of drug-likeness (QED) is 0.0444. The first-order valence-corrected chi connectivity index (χ1v) is 26.7. The lowest BCUT2D eigenvalue weighted by Crippen LogP contribution is -2.50. The average Bonchev–Trinajstić information content (AvgIpc) is 4.28. The van der Waals surface area contributed by atoms with Gasteiger partial charge >= 0.3 is 35.8 Å². The van der Waals surface area contributed by atoms with Gasteiger partial charge in [-0.3, -0.25) is 24.0 Å². The molecule has 25 nitrogen and oxygen atoms in total. The number of ether oxygens (including phenoxy) is 8. The molecule has 5 atom stereocenters. The van der Waals surface area contributed by atoms with Crippen molar-refractivity contribution in [2.24, 2.45) is 0 Å². The number of carbonyl (C=O) groups is 9. The van der Waals surface area contributed by atoms with E-state index in [1.165, 1.54) is 44.7 Å². The number of hydrogen-bond acceptors (Lipinski definition) is 22. The topological polar surface area (TPSA) is 303 Å². The van der Waals surface area contributed by atoms with E-state index >= 15 is 0 Å². The summed E-state index contributed by atoms with van der Waals surface area (Å²) in [6.45, 7) is 23.9. The van der Waals surface area contributed by atoms with Gasteiger partial charge in [0, 0.05) is 61.3 Å². The summed E-state index contributed by atoms with van der Waals surface area (Å²) in [6.07, 6.45) is -6.68. The monoisotopic (exact) mass is 1120 g/mol. The number of rotatable bonds is 26. The zero-order valence-corrected chi connectivity index (χ0v) is 47.6. The Morgan fingerprint density at radius 1 is 0.835 bits per heavy atom. The Morgan fingerprint density at radius 3 is 2.00 bits per heavy atom. The van der Waals surface area contributed by atoms with Crippen molar-refractivity contribution in [1.29, 1.82) is 0 Å². The molecule has 1 aromatic carbocycles. The molecule has 0 bridgehead atoms. The molecule has 5 rings (SSSR count). The van der Waals surface area contributed by atoms with Crippen molar-refractivity contribution in [3.8, 4) is 11.6 Å². The van der Waals surface area contributed by atoms with Crippen LogP contribution in [0.2, 0.25) is 0 Å². The van der Waals surface area contributed by atoms with E-state index < -0.39 is 90.6 Å². The fraction of sp³-hybridized carbons (Fsp3) is 0.566. The minimum absolute atomic E-state index is 0.0783. The van der Waals surface area contributed by atoms with E-state index in [2.05, 4.69) is 43.1 Å². The number of likely N-dealkylation sites (N-methyl/N-ethyl adjacent to an activating group) is 1. The van der Waals surface area contributed by atoms with E-state index in [1.54, 1.807) is 26.0 Å². The summed E-state index contributed by atoms with van der Waals surface area (Å²) in [7, 11) is 0. The number of hydrogen-bond donors (Lipinski definition) is 3. The predicted molar refractivity (Wildman–Crippen MR) is 286 cm³/mol. The molecule has 1 saturated heterocycles. The molecule has 2 aromatic heterocycles. The van der Waals surface area contributed by atoms with Crippen LogP contribution in [0.15, 0.2) is 18.2 Å². The van der Waals surface area contributed by atoms with Gasteiger partial charge in [-0.05, 0) is 105 Å². The van der Waals surface area contributed by atoms with Gasteiger partial charge in [0.25, 0.3) is 17.7 Å². The van der Waals surface area contributed by atoms with Gasteiger partial charge in [-0.2, -0.15) is 4.37 Å². The Bertz CT molecular complexity index is 2740. The van der Waals surface area contributed by atoms with Gasteiger partial charge in [0.1, 0.15) is 12.4 Å². The lowest BCUT2D eigenvalue weighted by atomic mass is 10.0. The van der Waals surface area contributed by atoms with Gasteiger partial charge < -0.3 is 68.2 Å². The number of aryl methyl sites for hydroxylation is 1. The van der Waals surface area contributed by atoms with Gasteiger partial charge in [0.05, 0.1) is 55.5 Å². The molecular formula is C53H72N8O17S. The normalized spacial score (nSPS) is 15.6. The fourth-order valence-electron chi connectivity index (χ4n) is 8.25. The fourth-order valence-corrected chi connectivity index (χ4v) is 8.77. The van der Waals surface area contributed by atoms with Crippen LogP contribution in [-0.2, 0) is 66.8 Å². The number of esters is 6. The summed E-state index contributed by atoms with van der Waals surface area (Å²) >= 11 is 0.938. The largest absolute Gasteiger partial charge is 0.470 e. The number of amides is 3. The number of carbonyl (C=O) groups excluding carboxylic acids is 9. The van der Waals surface area contributed by atoms with E-state index in [-0.39, 0.29) is 42.2 Å². The van der Waals surface area contributed by atoms with Crippen molar-refractivity contribution in [3.05, 3.63) is 46.3 Å². The third-order valence-electron chi connectivity index (χ3n) is 12.7. The Hall–Kier alpha value is -7.45. The number of nitrogens with one attached hydrogen (secondary N) is 3. The van der Waals surface area contributed by atoms with Crippen molar-refractivity contribution in [3.63, 3.8) is 0 Å². The number of nitrogens with zero attached hydrogens (tertiary/aromatic N) is 5. The first-order valence-electron chi connectivity index (χ1n) is 26.0. The van der Waals surface area contributed by atoms with E-state index in [0.717, 1.165) is 31.7 Å². The second-order valence-corrected chi connectivity index (χ2v) is 20.2. The van der Waals surface area contributed by atoms with Crippen molar-refractivity contribution in [2.45, 2.75) is 132 Å². The van der Waals surface area contributed by atoms with Crippen LogP contribution in [0.1, 0.15) is 115 Å². The second kappa shape index (κ2) is 28.4. The number of aromatic amines is 1. The Labute approximate surface area is 462 Å². The molecule has 3 N–H and O–H groups in total. The van der Waals surface area contributed by atoms with E-state index in [4.69, 9.17) is 37.9 Å². The van der Waals surface area contributed by atoms with Crippen LogP contribution in [0, 0.1) is 13.8 Å². The third kappa shape index (κ3) is 17.5. The van der Waals surface area contributed by atoms with Gasteiger partial charge in [-0.25, -0.2) is 19.2 Å². The molecule has 0 unspecified atom stereocenters. The third-order valence-corrected chi connectivity index (χ3v) is 13.2. The molecule has 26 heteroatoms. The molecule has 79 heavy (non-hydrogen) atoms. The lowest BCUT2D eigenvalue weighted by Gasteiger charge is -2.37. The zero-order valence-electron chi connectivity index (χ0n) is 46.8. The van der Waals surface area contributed by atoms with Crippen LogP contribution in [0.4, 0.5) is 11.5 Å². The van der Waals surface area contributed by atoms with E-state index in [0.29, 0.717) is 79.0 Å². The molecule has 0 saturated carbocycles. The zero-order chi connectivity index (χ0) is 58.3. The van der Waals surface area contributed by atoms with Crippen molar-refractivity contribution >= 4 is 88.4 Å². The Kier molecular flexibility index (Phi) is 22.5. The molecule has 2 aliphatic rings. The summed E-state index contributed by atoms with van der Waals surface area (Å²) in [5, 5.41) is 5.74. The van der Waals surface area contributed by atoms with Gasteiger partial charge in [-0.15, -0.1) is 4.37 Å². The maximum Gasteiger partial charge on any atom is 0.347 e. The minimum Gasteiger partial charge on any atom is -0.470 e. The van der Waals surface area contributed by atoms with Crippen LogP contribution < -0.4 is 25.0 Å². The minimum atomic E-state index is -1.61. The number of H-pyrrole nitrogens is 1. The molecule has 4 heterocycles. The summed E-state index contributed by atoms with van der Waals surface area (Å²) < 4.78 is 51.8. The first-order chi connectivity index (χ1) is 37.3. The lowest BCUT2D eigenvalue weighted by molar-refractivity contribution is -0.186. The Balaban J connectivity index is 1.07. The van der Waals surface area contributed by atoms with Crippen molar-refractivity contribution < 1.29 is 81.0 Å². The van der Waals surface area contributed by atoms with E-state index in [9.17, 15) is 43.2 Å². The smallest absolute Gasteiger partial charge is 0.347 e. The molecular weight excluding hydrogens is 1050 g/mol. The first kappa shape index (κ1) is 62.4. The highest BCUT2D eigenvalue weighted by molar-refractivity contribution is 6.99. The maximum absolute atomic E-state index is 13.3. The molecule has 0 aliphatic carbocycles. The molecule has 2 aliphatic heterocycles. The van der Waals surface area contributed by atoms with Gasteiger partial charge in [-0.1, -0.05) is 13.8 Å². The highest BCUT2D eigenvalue weighted by atomic mass is 32.1. The summed E-state index contributed by atoms with van der Waals surface area (Å²) in [4.78, 5) is 125. The molecule has 3 aromatic rings. The number of benzene rings is 1. The van der Waals surface area contributed by atoms with Crippen LogP contribution in [0.3, 0.4) is 0 Å². The Morgan fingerprint density at radius 2 is 1.42 bits per heavy atom. The van der Waals surface area contributed by atoms with Crippen LogP contribution in [-0.4, -0.2) is 179 Å². The summed E-state index contributed by atoms with van der Waals surface area (Å²) in [5.74, 6) is -6.43. The highest BCUT2D eigenvalue weighted by Gasteiger charge is 2.35. The van der Waals surface area contributed by atoms with Crippen molar-refractivity contribution in [1.82, 2.24) is 28.8 Å². The van der Waals surface area contributed by atoms with Gasteiger partial charge in [0.2, 0.25) is 11.7 Å². The van der Waals surface area contributed by atoms with Crippen LogP contribution in [0.5, 0.6) is 11.6 Å². The molecule has 0 radical (unpaired) electrons. The molecule has 1 fully saturated rings. The average molecular weight is 1130 g/mol. The van der Waals surface area contributed by atoms with Crippen molar-refractivity contribution in [2.75, 3.05) is 75.9 Å². The molecule has 0 spiro atoms. The summed E-state index contributed by atoms with van der Waals surface area (Å²) in [5.41, 5.74) is 2.79. The number of morpholine rings is 1. The standard InChI is InChI=1S/C53H72N8O17S/c1-13-59(14-2)20-19-54-47(66)44-29(3)41(55-30(44)4)26-39-38-25-36(15-16-40(38)56-46(39)65)77-43(64)18-17-42(63)73-31(5)49(67)74-32(6)50(68)75-33(7)51(69)76-34(8)52(70)78-37(27-61(35(9)62)53(10,11)12)28-72-48-45(57-79-58-48)60-21-23-71-24-22-60/h15-16,25-26,31-34,37,55H,13-14,17-24,27-28H2,1-12H3,(H,54,66)(H,56,65)/b39-26-/t31-,32-,33-,34-,37-/m0/s1. The maximum atomic E-state index is 13.3. The second-order valence-electron chi connectivity index (χ2n) is 19.7. The van der Waals surface area contributed by atoms with Crippen LogP contribution >= 0.6 is 11.7 Å². The highest BCUT2D eigenvalue weighted by Crippen LogP contribution is 2.37. The van der Waals surface area contributed by atoms with Gasteiger partial charge in [0.15, 0.2) is 30.5 Å². The molecule has 432 valence electrons. The summed E-state index contributed by atoms with van der Waals surface area (Å²) in [6, 6.07) is 4.52. The SMILES string of the molecule is CCN(CC)CCNC(=O)c1c(C)[nH]c(/C=C2\C(=O)Nc3ccc(OC(=O)CCC(=O)O[C@@H](C)C(=O)O[C@@H](C)C(=O)O[C@@H](C)C(=O)O[C@@H](C)C(=O)O[C@H](COc4nsnc4N4CCOCC4)CN(C(C)=O)C(C)(C)C)cc32)c1C. The number of aromatic nitrogens is 3. The van der Waals surface area contributed by atoms with E-state index in [1.807, 2.05) is 25.7 Å². The van der Waals surface area contributed by atoms with Crippen LogP contribution in [0.25, 0.3) is 11.6 Å².